The van der Waals surface area contributed by atoms with Gasteiger partial charge in [-0.05, 0) is 18.1 Å². The lowest BCUT2D eigenvalue weighted by atomic mass is 10.1. The Bertz CT molecular complexity index is 392. The van der Waals surface area contributed by atoms with Crippen LogP contribution in [0.15, 0.2) is 6.20 Å². The van der Waals surface area contributed by atoms with Crippen LogP contribution in [0.2, 0.25) is 0 Å². The summed E-state index contributed by atoms with van der Waals surface area (Å²) < 4.78 is 2.66. The van der Waals surface area contributed by atoms with Crippen LogP contribution in [0.3, 0.4) is 0 Å². The zero-order chi connectivity index (χ0) is 11.4. The molecule has 1 aromatic rings. The summed E-state index contributed by atoms with van der Waals surface area (Å²) in [6.45, 7) is 4.85. The van der Waals surface area contributed by atoms with Gasteiger partial charge < -0.3 is 14.9 Å². The highest BCUT2D eigenvalue weighted by Gasteiger charge is 2.08. The molecule has 0 bridgehead atoms. The Kier molecular flexibility index (Phi) is 4.08. The molecule has 0 aliphatic carbocycles. The third kappa shape index (κ3) is 2.92. The molecule has 5 heteroatoms. The van der Waals surface area contributed by atoms with E-state index in [9.17, 15) is 4.79 Å². The molecule has 0 spiro atoms. The van der Waals surface area contributed by atoms with Gasteiger partial charge in [0.2, 0.25) is 5.91 Å². The van der Waals surface area contributed by atoms with E-state index in [1.165, 1.54) is 0 Å². The first kappa shape index (κ1) is 12.0. The van der Waals surface area contributed by atoms with Gasteiger partial charge >= 0.3 is 0 Å². The van der Waals surface area contributed by atoms with Crippen molar-refractivity contribution in [3.05, 3.63) is 16.7 Å². The zero-order valence-electron chi connectivity index (χ0n) is 9.33. The normalized spacial score (nSPS) is 10.7. The summed E-state index contributed by atoms with van der Waals surface area (Å²) in [4.78, 5) is 14.1. The molecule has 0 saturated carbocycles. The van der Waals surface area contributed by atoms with Crippen molar-refractivity contribution in [2.45, 2.75) is 32.7 Å². The Morgan fingerprint density at radius 1 is 1.67 bits per heavy atom. The molecule has 1 aromatic heterocycles. The maximum Gasteiger partial charge on any atom is 0.221 e. The number of aromatic amines is 1. The Morgan fingerprint density at radius 2 is 2.33 bits per heavy atom. The van der Waals surface area contributed by atoms with Crippen molar-refractivity contribution >= 4 is 18.1 Å². The standard InChI is InChI=1S/C10H17N3OS/c1-7(2)8-6-12-10(15)13(8)5-4-9(14)11-3/h6-7H,4-5H2,1-3H3,(H,11,14)(H,12,15). The fourth-order valence-corrected chi connectivity index (χ4v) is 1.71. The molecule has 4 nitrogen and oxygen atoms in total. The Morgan fingerprint density at radius 3 is 2.87 bits per heavy atom. The molecule has 2 N–H and O–H groups in total. The number of nitrogens with zero attached hydrogens (tertiary/aromatic N) is 1. The van der Waals surface area contributed by atoms with Crippen molar-refractivity contribution in [3.63, 3.8) is 0 Å². The van der Waals surface area contributed by atoms with Crippen molar-refractivity contribution in [1.29, 1.82) is 0 Å². The molecule has 0 aliphatic heterocycles. The van der Waals surface area contributed by atoms with E-state index in [-0.39, 0.29) is 5.91 Å². The average molecular weight is 227 g/mol. The van der Waals surface area contributed by atoms with E-state index in [2.05, 4.69) is 24.1 Å². The summed E-state index contributed by atoms with van der Waals surface area (Å²) in [5.74, 6) is 0.440. The van der Waals surface area contributed by atoms with E-state index in [0.717, 1.165) is 5.69 Å². The summed E-state index contributed by atoms with van der Waals surface area (Å²) in [5, 5.41) is 2.60. The van der Waals surface area contributed by atoms with Gasteiger partial charge in [-0.3, -0.25) is 4.79 Å². The number of rotatable bonds is 4. The number of carbonyl (C=O) groups excluding carboxylic acids is 1. The molecule has 84 valence electrons. The molecule has 0 aromatic carbocycles. The van der Waals surface area contributed by atoms with Gasteiger partial charge in [0.15, 0.2) is 4.77 Å². The predicted molar refractivity (Wildman–Crippen MR) is 62.4 cm³/mol. The average Bonchev–Trinajstić information content (AvgIpc) is 2.56. The lowest BCUT2D eigenvalue weighted by Crippen LogP contribution is -2.20. The molecule has 0 aliphatic rings. The highest BCUT2D eigenvalue weighted by molar-refractivity contribution is 7.71. The summed E-state index contributed by atoms with van der Waals surface area (Å²) >= 11 is 5.16. The van der Waals surface area contributed by atoms with E-state index in [1.54, 1.807) is 7.05 Å². The van der Waals surface area contributed by atoms with Gasteiger partial charge in [0.25, 0.3) is 0 Å². The number of carbonyl (C=O) groups is 1. The van der Waals surface area contributed by atoms with Crippen LogP contribution in [0.5, 0.6) is 0 Å². The smallest absolute Gasteiger partial charge is 0.221 e. The van der Waals surface area contributed by atoms with Crippen LogP contribution in [0.1, 0.15) is 31.9 Å². The Labute approximate surface area is 94.7 Å². The van der Waals surface area contributed by atoms with Crippen LogP contribution in [0.4, 0.5) is 0 Å². The first-order valence-electron chi connectivity index (χ1n) is 5.05. The number of imidazole rings is 1. The Balaban J connectivity index is 2.79. The molecule has 0 fully saturated rings. The first-order chi connectivity index (χ1) is 7.06. The molecule has 0 atom stereocenters. The fraction of sp³-hybridized carbons (Fsp3) is 0.600. The summed E-state index contributed by atoms with van der Waals surface area (Å²) in [7, 11) is 1.64. The molecular formula is C10H17N3OS. The van der Waals surface area contributed by atoms with E-state index in [0.29, 0.717) is 23.7 Å². The van der Waals surface area contributed by atoms with E-state index in [4.69, 9.17) is 12.2 Å². The maximum atomic E-state index is 11.1. The molecule has 1 amide bonds. The largest absolute Gasteiger partial charge is 0.359 e. The second-order valence-electron chi connectivity index (χ2n) is 3.75. The van der Waals surface area contributed by atoms with Crippen LogP contribution in [0, 0.1) is 4.77 Å². The minimum atomic E-state index is 0.0350. The summed E-state index contributed by atoms with van der Waals surface area (Å²) in [6.07, 6.45) is 2.37. The van der Waals surface area contributed by atoms with E-state index >= 15 is 0 Å². The van der Waals surface area contributed by atoms with Gasteiger partial charge in [0.05, 0.1) is 0 Å². The highest BCUT2D eigenvalue weighted by atomic mass is 32.1. The number of amides is 1. The lowest BCUT2D eigenvalue weighted by Gasteiger charge is -2.10. The molecule has 1 rings (SSSR count). The van der Waals surface area contributed by atoms with Crippen molar-refractivity contribution in [2.24, 2.45) is 0 Å². The van der Waals surface area contributed by atoms with Crippen molar-refractivity contribution in [3.8, 4) is 0 Å². The molecule has 0 radical (unpaired) electrons. The van der Waals surface area contributed by atoms with Gasteiger partial charge in [0, 0.05) is 31.9 Å². The summed E-state index contributed by atoms with van der Waals surface area (Å²) in [6, 6.07) is 0. The third-order valence-corrected chi connectivity index (χ3v) is 2.67. The van der Waals surface area contributed by atoms with Gasteiger partial charge in [0.1, 0.15) is 0 Å². The molecule has 15 heavy (non-hydrogen) atoms. The SMILES string of the molecule is CNC(=O)CCn1c(C(C)C)c[nH]c1=S. The predicted octanol–water partition coefficient (Wildman–Crippen LogP) is 1.81. The summed E-state index contributed by atoms with van der Waals surface area (Å²) in [5.41, 5.74) is 1.14. The Hall–Kier alpha value is -1.10. The number of aromatic nitrogens is 2. The van der Waals surface area contributed by atoms with Gasteiger partial charge in [-0.1, -0.05) is 13.8 Å². The monoisotopic (exact) mass is 227 g/mol. The van der Waals surface area contributed by atoms with Crippen LogP contribution >= 0.6 is 12.2 Å². The minimum Gasteiger partial charge on any atom is -0.359 e. The lowest BCUT2D eigenvalue weighted by molar-refractivity contribution is -0.120. The van der Waals surface area contributed by atoms with Crippen LogP contribution in [-0.4, -0.2) is 22.5 Å². The van der Waals surface area contributed by atoms with Crippen LogP contribution in [-0.2, 0) is 11.3 Å². The van der Waals surface area contributed by atoms with Gasteiger partial charge in [-0.2, -0.15) is 0 Å². The van der Waals surface area contributed by atoms with E-state index < -0.39 is 0 Å². The molecule has 0 unspecified atom stereocenters. The van der Waals surface area contributed by atoms with Crippen LogP contribution < -0.4 is 5.32 Å². The molecular weight excluding hydrogens is 210 g/mol. The van der Waals surface area contributed by atoms with Gasteiger partial charge in [-0.15, -0.1) is 0 Å². The number of hydrogen-bond donors (Lipinski definition) is 2. The minimum absolute atomic E-state index is 0.0350. The zero-order valence-corrected chi connectivity index (χ0v) is 10.1. The number of hydrogen-bond acceptors (Lipinski definition) is 2. The van der Waals surface area contributed by atoms with Gasteiger partial charge in [-0.25, -0.2) is 0 Å². The number of nitrogens with one attached hydrogen (secondary N) is 2. The quantitative estimate of drug-likeness (QED) is 0.771. The first-order valence-corrected chi connectivity index (χ1v) is 5.45. The van der Waals surface area contributed by atoms with Crippen molar-refractivity contribution < 1.29 is 4.79 Å². The van der Waals surface area contributed by atoms with E-state index in [1.807, 2.05) is 10.8 Å². The second kappa shape index (κ2) is 5.11. The molecule has 0 saturated heterocycles. The topological polar surface area (TPSA) is 49.8 Å². The van der Waals surface area contributed by atoms with Crippen molar-refractivity contribution in [1.82, 2.24) is 14.9 Å². The van der Waals surface area contributed by atoms with Crippen molar-refractivity contribution in [2.75, 3.05) is 7.05 Å². The third-order valence-electron chi connectivity index (χ3n) is 2.33. The fourth-order valence-electron chi connectivity index (χ4n) is 1.46. The second-order valence-corrected chi connectivity index (χ2v) is 4.13. The maximum absolute atomic E-state index is 11.1. The molecule has 1 heterocycles. The number of H-pyrrole nitrogens is 1. The van der Waals surface area contributed by atoms with Crippen LogP contribution in [0.25, 0.3) is 0 Å². The highest BCUT2D eigenvalue weighted by Crippen LogP contribution is 2.14.